The van der Waals surface area contributed by atoms with Crippen molar-refractivity contribution in [1.82, 2.24) is 10.3 Å². The minimum Gasteiger partial charge on any atom is -0.360 e. The Hall–Kier alpha value is -1.30. The van der Waals surface area contributed by atoms with Crippen molar-refractivity contribution >= 4 is 46.4 Å². The van der Waals surface area contributed by atoms with Gasteiger partial charge in [-0.05, 0) is 61.5 Å². The molecule has 1 aromatic carbocycles. The SMILES string of the molecule is S=C(Nc1ccc(Sc2ccc(Cl)cc2)nc1)NC1CCCCC1. The second-order valence-corrected chi connectivity index (χ2v) is 7.81. The number of nitrogens with zero attached hydrogens (tertiary/aromatic N) is 1. The Morgan fingerprint density at radius 2 is 1.83 bits per heavy atom. The highest BCUT2D eigenvalue weighted by Crippen LogP contribution is 2.27. The molecule has 0 amide bonds. The summed E-state index contributed by atoms with van der Waals surface area (Å²) in [4.78, 5) is 5.59. The van der Waals surface area contributed by atoms with Gasteiger partial charge < -0.3 is 10.6 Å². The molecule has 6 heteroatoms. The van der Waals surface area contributed by atoms with Gasteiger partial charge in [-0.3, -0.25) is 0 Å². The predicted molar refractivity (Wildman–Crippen MR) is 106 cm³/mol. The van der Waals surface area contributed by atoms with Crippen LogP contribution in [0.25, 0.3) is 0 Å². The largest absolute Gasteiger partial charge is 0.360 e. The van der Waals surface area contributed by atoms with Crippen LogP contribution in [0.1, 0.15) is 32.1 Å². The molecule has 0 bridgehead atoms. The highest BCUT2D eigenvalue weighted by atomic mass is 35.5. The molecule has 2 aromatic rings. The third-order valence-electron chi connectivity index (χ3n) is 3.97. The van der Waals surface area contributed by atoms with Crippen LogP contribution in [0, 0.1) is 0 Å². The van der Waals surface area contributed by atoms with E-state index >= 15 is 0 Å². The monoisotopic (exact) mass is 377 g/mol. The summed E-state index contributed by atoms with van der Waals surface area (Å²) in [6.45, 7) is 0. The number of hydrogen-bond donors (Lipinski definition) is 2. The van der Waals surface area contributed by atoms with Gasteiger partial charge in [0.1, 0.15) is 5.03 Å². The molecule has 1 aromatic heterocycles. The van der Waals surface area contributed by atoms with Gasteiger partial charge in [0.2, 0.25) is 0 Å². The van der Waals surface area contributed by atoms with E-state index in [-0.39, 0.29) is 0 Å². The number of thiocarbonyl (C=S) groups is 1. The fourth-order valence-corrected chi connectivity index (χ4v) is 3.90. The van der Waals surface area contributed by atoms with Crippen molar-refractivity contribution in [2.45, 2.75) is 48.1 Å². The number of halogens is 1. The molecule has 1 fully saturated rings. The topological polar surface area (TPSA) is 37.0 Å². The molecule has 126 valence electrons. The second kappa shape index (κ2) is 8.70. The normalized spacial score (nSPS) is 15.0. The molecule has 3 rings (SSSR count). The molecule has 0 aliphatic heterocycles. The molecule has 2 N–H and O–H groups in total. The third-order valence-corrected chi connectivity index (χ3v) is 5.40. The predicted octanol–water partition coefficient (Wildman–Crippen LogP) is 5.51. The first-order valence-corrected chi connectivity index (χ1v) is 9.76. The van der Waals surface area contributed by atoms with Gasteiger partial charge in [0.05, 0.1) is 11.9 Å². The lowest BCUT2D eigenvalue weighted by molar-refractivity contribution is 0.415. The lowest BCUT2D eigenvalue weighted by Gasteiger charge is -2.24. The molecular formula is C18H20ClN3S2. The first kappa shape index (κ1) is 17.5. The van der Waals surface area contributed by atoms with Crippen molar-refractivity contribution in [1.29, 1.82) is 0 Å². The molecule has 0 radical (unpaired) electrons. The van der Waals surface area contributed by atoms with E-state index in [1.807, 2.05) is 42.6 Å². The zero-order valence-electron chi connectivity index (χ0n) is 13.3. The van der Waals surface area contributed by atoms with Gasteiger partial charge in [-0.1, -0.05) is 42.6 Å². The van der Waals surface area contributed by atoms with Gasteiger partial charge in [-0.2, -0.15) is 0 Å². The van der Waals surface area contributed by atoms with Crippen LogP contribution in [0.5, 0.6) is 0 Å². The first-order valence-electron chi connectivity index (χ1n) is 8.16. The summed E-state index contributed by atoms with van der Waals surface area (Å²) < 4.78 is 0. The van der Waals surface area contributed by atoms with Crippen LogP contribution in [-0.2, 0) is 0 Å². The molecule has 0 atom stereocenters. The van der Waals surface area contributed by atoms with Gasteiger partial charge in [0.15, 0.2) is 5.11 Å². The Morgan fingerprint density at radius 1 is 1.08 bits per heavy atom. The van der Waals surface area contributed by atoms with E-state index in [2.05, 4.69) is 15.6 Å². The Morgan fingerprint density at radius 3 is 2.50 bits per heavy atom. The molecule has 0 unspecified atom stereocenters. The number of nitrogens with one attached hydrogen (secondary N) is 2. The van der Waals surface area contributed by atoms with Gasteiger partial charge in [0, 0.05) is 16.0 Å². The van der Waals surface area contributed by atoms with Crippen molar-refractivity contribution in [3.63, 3.8) is 0 Å². The lowest BCUT2D eigenvalue weighted by Crippen LogP contribution is -2.38. The fourth-order valence-electron chi connectivity index (χ4n) is 2.74. The lowest BCUT2D eigenvalue weighted by atomic mass is 9.96. The summed E-state index contributed by atoms with van der Waals surface area (Å²) in [5, 5.41) is 8.98. The van der Waals surface area contributed by atoms with E-state index in [4.69, 9.17) is 23.8 Å². The molecule has 1 aliphatic rings. The smallest absolute Gasteiger partial charge is 0.171 e. The third kappa shape index (κ3) is 5.36. The van der Waals surface area contributed by atoms with Crippen molar-refractivity contribution in [2.75, 3.05) is 5.32 Å². The summed E-state index contributed by atoms with van der Waals surface area (Å²) in [6.07, 6.45) is 8.15. The van der Waals surface area contributed by atoms with E-state index in [1.165, 1.54) is 32.1 Å². The minimum absolute atomic E-state index is 0.506. The average molecular weight is 378 g/mol. The van der Waals surface area contributed by atoms with Gasteiger partial charge in [0.25, 0.3) is 0 Å². The van der Waals surface area contributed by atoms with E-state index in [1.54, 1.807) is 11.8 Å². The second-order valence-electron chi connectivity index (χ2n) is 5.87. The van der Waals surface area contributed by atoms with E-state index in [9.17, 15) is 0 Å². The number of rotatable bonds is 4. The number of aromatic nitrogens is 1. The quantitative estimate of drug-likeness (QED) is 0.687. The summed E-state index contributed by atoms with van der Waals surface area (Å²) in [6, 6.07) is 12.2. The van der Waals surface area contributed by atoms with Crippen LogP contribution in [0.2, 0.25) is 5.02 Å². The standard InChI is InChI=1S/C18H20ClN3S2/c19-13-6-9-16(10-7-13)24-17-11-8-15(12-20-17)22-18(23)21-14-4-2-1-3-5-14/h6-12,14H,1-5H2,(H2,21,22,23). The van der Waals surface area contributed by atoms with Crippen LogP contribution >= 0.6 is 35.6 Å². The number of pyridine rings is 1. The van der Waals surface area contributed by atoms with Gasteiger partial charge in [-0.25, -0.2) is 4.98 Å². The molecule has 1 heterocycles. The maximum absolute atomic E-state index is 5.90. The van der Waals surface area contributed by atoms with Crippen molar-refractivity contribution in [3.8, 4) is 0 Å². The summed E-state index contributed by atoms with van der Waals surface area (Å²) in [5.41, 5.74) is 0.906. The molecule has 3 nitrogen and oxygen atoms in total. The molecule has 1 aliphatic carbocycles. The highest BCUT2D eigenvalue weighted by Gasteiger charge is 2.13. The number of hydrogen-bond acceptors (Lipinski definition) is 3. The Labute approximate surface area is 157 Å². The van der Waals surface area contributed by atoms with E-state index in [0.29, 0.717) is 11.2 Å². The molecule has 0 saturated heterocycles. The fraction of sp³-hybridized carbons (Fsp3) is 0.333. The van der Waals surface area contributed by atoms with Crippen LogP contribution < -0.4 is 10.6 Å². The van der Waals surface area contributed by atoms with Crippen molar-refractivity contribution < 1.29 is 0 Å². The Bertz CT molecular complexity index is 668. The molecule has 24 heavy (non-hydrogen) atoms. The van der Waals surface area contributed by atoms with Crippen LogP contribution in [0.3, 0.4) is 0 Å². The highest BCUT2D eigenvalue weighted by molar-refractivity contribution is 7.99. The number of benzene rings is 1. The maximum Gasteiger partial charge on any atom is 0.171 e. The Balaban J connectivity index is 1.52. The minimum atomic E-state index is 0.506. The zero-order chi connectivity index (χ0) is 16.8. The van der Waals surface area contributed by atoms with Crippen molar-refractivity contribution in [2.24, 2.45) is 0 Å². The average Bonchev–Trinajstić information content (AvgIpc) is 2.59. The Kier molecular flexibility index (Phi) is 6.35. The van der Waals surface area contributed by atoms with Crippen LogP contribution in [0.15, 0.2) is 52.5 Å². The van der Waals surface area contributed by atoms with Crippen LogP contribution in [-0.4, -0.2) is 16.1 Å². The maximum atomic E-state index is 5.90. The van der Waals surface area contributed by atoms with E-state index in [0.717, 1.165) is 20.6 Å². The molecule has 1 saturated carbocycles. The first-order chi connectivity index (χ1) is 11.7. The van der Waals surface area contributed by atoms with Crippen LogP contribution in [0.4, 0.5) is 5.69 Å². The van der Waals surface area contributed by atoms with E-state index < -0.39 is 0 Å². The number of anilines is 1. The van der Waals surface area contributed by atoms with Crippen molar-refractivity contribution in [3.05, 3.63) is 47.6 Å². The molecule has 0 spiro atoms. The summed E-state index contributed by atoms with van der Waals surface area (Å²) in [5.74, 6) is 0. The molecular weight excluding hydrogens is 358 g/mol. The summed E-state index contributed by atoms with van der Waals surface area (Å²) >= 11 is 12.9. The van der Waals surface area contributed by atoms with Gasteiger partial charge in [-0.15, -0.1) is 0 Å². The summed E-state index contributed by atoms with van der Waals surface area (Å²) in [7, 11) is 0. The van der Waals surface area contributed by atoms with Gasteiger partial charge >= 0.3 is 0 Å². The zero-order valence-corrected chi connectivity index (χ0v) is 15.7.